The van der Waals surface area contributed by atoms with Crippen LogP contribution in [-0.4, -0.2) is 15.8 Å². The minimum Gasteiger partial charge on any atom is -0.300 e. The van der Waals surface area contributed by atoms with Crippen molar-refractivity contribution in [3.63, 3.8) is 0 Å². The Labute approximate surface area is 82.6 Å². The van der Waals surface area contributed by atoms with Gasteiger partial charge in [-0.15, -0.1) is 0 Å². The molecule has 3 rings (SSSR count). The highest BCUT2D eigenvalue weighted by molar-refractivity contribution is 5.81. The van der Waals surface area contributed by atoms with Crippen molar-refractivity contribution in [1.82, 2.24) is 9.97 Å². The van der Waals surface area contributed by atoms with Gasteiger partial charge in [-0.3, -0.25) is 14.8 Å². The summed E-state index contributed by atoms with van der Waals surface area (Å²) < 4.78 is 0. The lowest BCUT2D eigenvalue weighted by Gasteiger charge is -2.19. The molecule has 0 spiro atoms. The van der Waals surface area contributed by atoms with Crippen molar-refractivity contribution in [1.29, 1.82) is 0 Å². The third-order valence-electron chi connectivity index (χ3n) is 3.63. The highest BCUT2D eigenvalue weighted by Crippen LogP contribution is 2.60. The molecule has 2 saturated carbocycles. The summed E-state index contributed by atoms with van der Waals surface area (Å²) in [5.74, 6) is 0.979. The first-order chi connectivity index (χ1) is 6.81. The molecule has 1 aromatic heterocycles. The van der Waals surface area contributed by atoms with E-state index in [1.54, 1.807) is 12.4 Å². The third kappa shape index (κ3) is 1.01. The Hall–Kier alpha value is -1.25. The maximum Gasteiger partial charge on any atom is 0.133 e. The maximum atomic E-state index is 11.2. The molecule has 0 saturated heterocycles. The summed E-state index contributed by atoms with van der Waals surface area (Å²) in [4.78, 5) is 19.7. The largest absolute Gasteiger partial charge is 0.300 e. The van der Waals surface area contributed by atoms with E-state index in [9.17, 15) is 4.79 Å². The van der Waals surface area contributed by atoms with Gasteiger partial charge in [-0.25, -0.2) is 0 Å². The highest BCUT2D eigenvalue weighted by atomic mass is 16.1. The maximum absolute atomic E-state index is 11.2. The first-order valence-electron chi connectivity index (χ1n) is 5.09. The number of hydrogen-bond donors (Lipinski definition) is 0. The van der Waals surface area contributed by atoms with Gasteiger partial charge in [0.25, 0.3) is 0 Å². The molecule has 2 aliphatic rings. The van der Waals surface area contributed by atoms with Gasteiger partial charge in [0.1, 0.15) is 5.78 Å². The summed E-state index contributed by atoms with van der Waals surface area (Å²) in [6.45, 7) is 0. The minimum atomic E-state index is 0.224. The number of fused-ring (bicyclic) bond motifs is 1. The molecule has 0 aromatic carbocycles. The molecule has 3 nitrogen and oxygen atoms in total. The molecule has 2 aliphatic carbocycles. The van der Waals surface area contributed by atoms with Gasteiger partial charge in [0.2, 0.25) is 0 Å². The fraction of sp³-hybridized carbons (Fsp3) is 0.545. The van der Waals surface area contributed by atoms with Crippen LogP contribution in [0.25, 0.3) is 0 Å². The monoisotopic (exact) mass is 188 g/mol. The quantitative estimate of drug-likeness (QED) is 0.670. The van der Waals surface area contributed by atoms with Gasteiger partial charge in [0.05, 0.1) is 5.69 Å². The Bertz CT molecular complexity index is 376. The predicted molar refractivity (Wildman–Crippen MR) is 50.7 cm³/mol. The van der Waals surface area contributed by atoms with Crippen molar-refractivity contribution in [3.05, 3.63) is 24.3 Å². The molecule has 2 fully saturated rings. The van der Waals surface area contributed by atoms with Crippen LogP contribution in [0.2, 0.25) is 0 Å². The summed E-state index contributed by atoms with van der Waals surface area (Å²) >= 11 is 0. The van der Waals surface area contributed by atoms with Gasteiger partial charge in [-0.2, -0.15) is 0 Å². The van der Waals surface area contributed by atoms with Crippen molar-refractivity contribution in [3.8, 4) is 0 Å². The number of carbonyl (C=O) groups excluding carboxylic acids is 1. The molecule has 0 radical (unpaired) electrons. The first kappa shape index (κ1) is 8.09. The van der Waals surface area contributed by atoms with Crippen LogP contribution in [0.15, 0.2) is 18.6 Å². The van der Waals surface area contributed by atoms with Crippen LogP contribution in [0, 0.1) is 5.92 Å². The Kier molecular flexibility index (Phi) is 1.52. The van der Waals surface area contributed by atoms with Crippen LogP contribution in [0.1, 0.15) is 31.4 Å². The van der Waals surface area contributed by atoms with Gasteiger partial charge in [0, 0.05) is 36.8 Å². The standard InChI is InChI=1S/C11H12N2O/c14-9-1-2-11(6-8(11)5-9)10-7-12-3-4-13-10/h3-4,7-8H,1-2,5-6H2. The van der Waals surface area contributed by atoms with Gasteiger partial charge < -0.3 is 0 Å². The van der Waals surface area contributed by atoms with Crippen molar-refractivity contribution in [2.45, 2.75) is 31.1 Å². The number of ketones is 1. The molecule has 0 aliphatic heterocycles. The summed E-state index contributed by atoms with van der Waals surface area (Å²) in [6, 6.07) is 0. The Morgan fingerprint density at radius 3 is 3.07 bits per heavy atom. The van der Waals surface area contributed by atoms with Crippen LogP contribution < -0.4 is 0 Å². The molecule has 3 heteroatoms. The Morgan fingerprint density at radius 1 is 1.43 bits per heavy atom. The van der Waals surface area contributed by atoms with Gasteiger partial charge in [0.15, 0.2) is 0 Å². The normalized spacial score (nSPS) is 35.1. The summed E-state index contributed by atoms with van der Waals surface area (Å²) in [7, 11) is 0. The fourth-order valence-electron chi connectivity index (χ4n) is 2.69. The number of carbonyl (C=O) groups is 1. The van der Waals surface area contributed by atoms with E-state index >= 15 is 0 Å². The predicted octanol–water partition coefficient (Wildman–Crippen LogP) is 1.49. The third-order valence-corrected chi connectivity index (χ3v) is 3.63. The fourth-order valence-corrected chi connectivity index (χ4v) is 2.69. The van der Waals surface area contributed by atoms with E-state index in [0.29, 0.717) is 11.7 Å². The highest BCUT2D eigenvalue weighted by Gasteiger charge is 2.58. The molecule has 14 heavy (non-hydrogen) atoms. The molecule has 1 heterocycles. The van der Waals surface area contributed by atoms with E-state index in [2.05, 4.69) is 9.97 Å². The van der Waals surface area contributed by atoms with Gasteiger partial charge in [-0.05, 0) is 18.8 Å². The number of aromatic nitrogens is 2. The second-order valence-electron chi connectivity index (χ2n) is 4.39. The van der Waals surface area contributed by atoms with Crippen molar-refractivity contribution >= 4 is 5.78 Å². The molecule has 0 amide bonds. The summed E-state index contributed by atoms with van der Waals surface area (Å²) in [6.07, 6.45) is 8.91. The number of Topliss-reactive ketones (excluding diaryl/α,β-unsaturated/α-hetero) is 1. The zero-order valence-electron chi connectivity index (χ0n) is 7.94. The van der Waals surface area contributed by atoms with Crippen LogP contribution in [0.5, 0.6) is 0 Å². The van der Waals surface area contributed by atoms with Gasteiger partial charge in [-0.1, -0.05) is 0 Å². The lowest BCUT2D eigenvalue weighted by molar-refractivity contribution is -0.120. The molecule has 0 bridgehead atoms. The molecular formula is C11H12N2O. The lowest BCUT2D eigenvalue weighted by atomic mass is 9.85. The van der Waals surface area contributed by atoms with Gasteiger partial charge >= 0.3 is 0 Å². The van der Waals surface area contributed by atoms with Crippen LogP contribution in [0.4, 0.5) is 0 Å². The van der Waals surface area contributed by atoms with E-state index in [4.69, 9.17) is 0 Å². The average Bonchev–Trinajstić information content (AvgIpc) is 2.94. The zero-order chi connectivity index (χ0) is 9.60. The zero-order valence-corrected chi connectivity index (χ0v) is 7.94. The molecule has 1 aromatic rings. The van der Waals surface area contributed by atoms with E-state index in [1.165, 1.54) is 0 Å². The number of nitrogens with zero attached hydrogens (tertiary/aromatic N) is 2. The smallest absolute Gasteiger partial charge is 0.133 e. The number of rotatable bonds is 1. The van der Waals surface area contributed by atoms with E-state index in [1.807, 2.05) is 6.20 Å². The molecule has 2 atom stereocenters. The van der Waals surface area contributed by atoms with Crippen LogP contribution in [0.3, 0.4) is 0 Å². The van der Waals surface area contributed by atoms with Crippen LogP contribution >= 0.6 is 0 Å². The minimum absolute atomic E-state index is 0.224. The second kappa shape index (κ2) is 2.62. The second-order valence-corrected chi connectivity index (χ2v) is 4.39. The van der Waals surface area contributed by atoms with Crippen molar-refractivity contribution in [2.75, 3.05) is 0 Å². The van der Waals surface area contributed by atoms with E-state index < -0.39 is 0 Å². The van der Waals surface area contributed by atoms with Crippen molar-refractivity contribution in [2.24, 2.45) is 5.92 Å². The number of hydrogen-bond acceptors (Lipinski definition) is 3. The Morgan fingerprint density at radius 2 is 2.36 bits per heavy atom. The Balaban J connectivity index is 1.91. The molecular weight excluding hydrogens is 176 g/mol. The topological polar surface area (TPSA) is 42.9 Å². The average molecular weight is 188 g/mol. The molecule has 0 N–H and O–H groups in total. The summed E-state index contributed by atoms with van der Waals surface area (Å²) in [5, 5.41) is 0. The molecule has 72 valence electrons. The van der Waals surface area contributed by atoms with E-state index in [0.717, 1.165) is 31.4 Å². The van der Waals surface area contributed by atoms with Crippen LogP contribution in [-0.2, 0) is 10.2 Å². The SMILES string of the molecule is O=C1CCC2(c3cnccn3)CC2C1. The first-order valence-corrected chi connectivity index (χ1v) is 5.09. The van der Waals surface area contributed by atoms with Crippen molar-refractivity contribution < 1.29 is 4.79 Å². The van der Waals surface area contributed by atoms with E-state index in [-0.39, 0.29) is 5.41 Å². The summed E-state index contributed by atoms with van der Waals surface area (Å²) in [5.41, 5.74) is 1.32. The lowest BCUT2D eigenvalue weighted by Crippen LogP contribution is -2.20. The molecule has 2 unspecified atom stereocenters.